The third-order valence-corrected chi connectivity index (χ3v) is 8.55. The first-order chi connectivity index (χ1) is 20.4. The smallest absolute Gasteiger partial charge is 0.381 e. The van der Waals surface area contributed by atoms with E-state index in [2.05, 4.69) is 12.2 Å². The maximum absolute atomic E-state index is 13.1. The topological polar surface area (TPSA) is 95.4 Å². The maximum atomic E-state index is 13.1. The third-order valence-electron chi connectivity index (χ3n) is 7.88. The van der Waals surface area contributed by atoms with E-state index in [0.29, 0.717) is 18.5 Å². The van der Waals surface area contributed by atoms with Crippen LogP contribution in [0.3, 0.4) is 0 Å². The normalized spacial score (nSPS) is 12.8. The zero-order valence-electron chi connectivity index (χ0n) is 26.5. The van der Waals surface area contributed by atoms with E-state index in [0.717, 1.165) is 35.0 Å². The van der Waals surface area contributed by atoms with Gasteiger partial charge in [-0.25, -0.2) is 9.59 Å². The molecule has 0 aliphatic heterocycles. The molecule has 2 aromatic heterocycles. The van der Waals surface area contributed by atoms with Gasteiger partial charge in [0.15, 0.2) is 12.7 Å². The number of unbranched alkanes of at least 4 members (excludes halogenated alkanes) is 12. The minimum Gasteiger partial charge on any atom is -0.381 e. The predicted molar refractivity (Wildman–Crippen MR) is 169 cm³/mol. The van der Waals surface area contributed by atoms with Gasteiger partial charge in [0.25, 0.3) is 5.56 Å². The largest absolute Gasteiger partial charge is 0.432 e. The summed E-state index contributed by atoms with van der Waals surface area (Å²) in [5.74, 6) is 0. The number of nitrogens with one attached hydrogen (secondary N) is 1. The zero-order chi connectivity index (χ0) is 30.6. The summed E-state index contributed by atoms with van der Waals surface area (Å²) >= 11 is 1.53. The summed E-state index contributed by atoms with van der Waals surface area (Å²) in [5, 5.41) is 4.83. The molecule has 0 spiro atoms. The van der Waals surface area contributed by atoms with Crippen LogP contribution in [-0.2, 0) is 24.2 Å². The van der Waals surface area contributed by atoms with E-state index >= 15 is 0 Å². The molecule has 2 unspecified atom stereocenters. The Morgan fingerprint density at radius 1 is 0.976 bits per heavy atom. The Kier molecular flexibility index (Phi) is 18.1. The van der Waals surface area contributed by atoms with Crippen LogP contribution < -0.4 is 26.0 Å². The van der Waals surface area contributed by atoms with Gasteiger partial charge in [-0.05, 0) is 19.8 Å². The standard InChI is InChI=1S/C32H54N4O5S/c1-5-7-8-9-10-11-12-13-14-15-16-17-18-19-29(6-2)33-31(38)41-36-25-28(24-27(3)40-4)30(37)35(32(36)39)21-20-34-22-23-42-26-34/h22-23,25-27,29H,5-21,24H2,1-4H3/p+1. The van der Waals surface area contributed by atoms with E-state index in [-0.39, 0.29) is 18.7 Å². The summed E-state index contributed by atoms with van der Waals surface area (Å²) in [6, 6.07) is -0.0326. The Morgan fingerprint density at radius 3 is 2.14 bits per heavy atom. The summed E-state index contributed by atoms with van der Waals surface area (Å²) in [6.07, 6.45) is 21.1. The molecule has 1 N–H and O–H groups in total. The molecule has 0 saturated carbocycles. The second-order valence-electron chi connectivity index (χ2n) is 11.4. The predicted octanol–water partition coefficient (Wildman–Crippen LogP) is 6.03. The molecule has 0 fully saturated rings. The highest BCUT2D eigenvalue weighted by Gasteiger charge is 2.19. The van der Waals surface area contributed by atoms with Gasteiger partial charge in [0.2, 0.25) is 5.51 Å². The summed E-state index contributed by atoms with van der Waals surface area (Å²) < 4.78 is 9.24. The van der Waals surface area contributed by atoms with Gasteiger partial charge in [0.05, 0.1) is 24.2 Å². The maximum Gasteiger partial charge on any atom is 0.432 e. The Balaban J connectivity index is 1.81. The van der Waals surface area contributed by atoms with Gasteiger partial charge in [0.1, 0.15) is 0 Å². The molecular formula is C32H55N4O5S+. The number of methoxy groups -OCH3 is 1. The van der Waals surface area contributed by atoms with Crippen LogP contribution >= 0.6 is 11.3 Å². The number of nitrogens with zero attached hydrogens (tertiary/aromatic N) is 3. The van der Waals surface area contributed by atoms with Gasteiger partial charge in [-0.3, -0.25) is 9.36 Å². The third kappa shape index (κ3) is 13.7. The molecule has 10 heteroatoms. The number of rotatable bonds is 23. The molecule has 2 heterocycles. The number of carbonyl (C=O) groups is 1. The second kappa shape index (κ2) is 21.3. The molecule has 42 heavy (non-hydrogen) atoms. The van der Waals surface area contributed by atoms with Crippen LogP contribution in [0.1, 0.15) is 123 Å². The van der Waals surface area contributed by atoms with Gasteiger partial charge in [0, 0.05) is 25.1 Å². The number of aromatic nitrogens is 3. The molecule has 2 rings (SSSR count). The fraction of sp³-hybridized carbons (Fsp3) is 0.750. The number of hydrogen-bond donors (Lipinski definition) is 1. The summed E-state index contributed by atoms with van der Waals surface area (Å²) in [5.41, 5.74) is 1.19. The Morgan fingerprint density at radius 2 is 1.60 bits per heavy atom. The van der Waals surface area contributed by atoms with Crippen molar-refractivity contribution in [3.8, 4) is 0 Å². The van der Waals surface area contributed by atoms with E-state index in [1.54, 1.807) is 7.11 Å². The number of aryl methyl sites for hydroxylation is 1. The van der Waals surface area contributed by atoms with Crippen molar-refractivity contribution in [2.24, 2.45) is 0 Å². The fourth-order valence-electron chi connectivity index (χ4n) is 5.10. The highest BCUT2D eigenvalue weighted by atomic mass is 32.1. The second-order valence-corrected chi connectivity index (χ2v) is 12.1. The van der Waals surface area contributed by atoms with Crippen molar-refractivity contribution >= 4 is 17.4 Å². The summed E-state index contributed by atoms with van der Waals surface area (Å²) in [6.45, 7) is 6.75. The molecule has 0 radical (unpaired) electrons. The van der Waals surface area contributed by atoms with Gasteiger partial charge in [-0.15, -0.1) is 4.73 Å². The lowest BCUT2D eigenvalue weighted by Gasteiger charge is -2.18. The van der Waals surface area contributed by atoms with Gasteiger partial charge in [-0.2, -0.15) is 4.57 Å². The zero-order valence-corrected chi connectivity index (χ0v) is 27.3. The lowest BCUT2D eigenvalue weighted by atomic mass is 10.0. The quantitative estimate of drug-likeness (QED) is 0.123. The van der Waals surface area contributed by atoms with Crippen molar-refractivity contribution in [2.75, 3.05) is 7.11 Å². The van der Waals surface area contributed by atoms with Crippen LogP contribution in [-0.4, -0.2) is 34.6 Å². The van der Waals surface area contributed by atoms with Crippen molar-refractivity contribution in [3.63, 3.8) is 0 Å². The van der Waals surface area contributed by atoms with Gasteiger partial charge in [-0.1, -0.05) is 109 Å². The first-order valence-electron chi connectivity index (χ1n) is 16.2. The molecular weight excluding hydrogens is 552 g/mol. The molecule has 0 bridgehead atoms. The van der Waals surface area contributed by atoms with Crippen molar-refractivity contribution in [2.45, 2.75) is 149 Å². The van der Waals surface area contributed by atoms with Crippen LogP contribution in [0.25, 0.3) is 0 Å². The molecule has 0 aliphatic rings. The van der Waals surface area contributed by atoms with Crippen LogP contribution in [0.15, 0.2) is 32.9 Å². The van der Waals surface area contributed by atoms with Crippen LogP contribution in [0.4, 0.5) is 4.79 Å². The van der Waals surface area contributed by atoms with Crippen molar-refractivity contribution in [1.29, 1.82) is 0 Å². The first-order valence-corrected chi connectivity index (χ1v) is 17.1. The molecule has 2 aromatic rings. The van der Waals surface area contributed by atoms with Crippen molar-refractivity contribution in [3.05, 3.63) is 49.7 Å². The molecule has 238 valence electrons. The van der Waals surface area contributed by atoms with Crippen molar-refractivity contribution in [1.82, 2.24) is 14.6 Å². The fourth-order valence-corrected chi connectivity index (χ4v) is 5.73. The molecule has 2 atom stereocenters. The summed E-state index contributed by atoms with van der Waals surface area (Å²) in [7, 11) is 1.57. The van der Waals surface area contributed by atoms with Gasteiger partial charge < -0.3 is 14.9 Å². The van der Waals surface area contributed by atoms with E-state index in [4.69, 9.17) is 9.57 Å². The Hall–Kier alpha value is -2.46. The van der Waals surface area contributed by atoms with E-state index < -0.39 is 17.3 Å². The monoisotopic (exact) mass is 607 g/mol. The highest BCUT2D eigenvalue weighted by molar-refractivity contribution is 7.07. The SMILES string of the molecule is CCCCCCCCCCCCCCCC(CC)NC(=O)On1cc(CC(C)OC)c(=O)n(CC[n+]2ccsc2)c1=O. The minimum absolute atomic E-state index is 0.0326. The number of thiazole rings is 1. The van der Waals surface area contributed by atoms with E-state index in [9.17, 15) is 14.4 Å². The van der Waals surface area contributed by atoms with Crippen LogP contribution in [0.5, 0.6) is 0 Å². The molecule has 0 aliphatic carbocycles. The molecule has 0 aromatic carbocycles. The Bertz CT molecular complexity index is 1120. The number of carbonyl (C=O) groups excluding carboxylic acids is 1. The first kappa shape index (κ1) is 35.7. The summed E-state index contributed by atoms with van der Waals surface area (Å²) in [4.78, 5) is 44.5. The van der Waals surface area contributed by atoms with E-state index in [1.165, 1.54) is 88.2 Å². The Labute approximate surface area is 256 Å². The van der Waals surface area contributed by atoms with E-state index in [1.807, 2.05) is 35.5 Å². The average molecular weight is 608 g/mol. The highest BCUT2D eigenvalue weighted by Crippen LogP contribution is 2.14. The molecule has 0 saturated heterocycles. The minimum atomic E-state index is -0.693. The number of hydrogen-bond acceptors (Lipinski definition) is 6. The molecule has 1 amide bonds. The van der Waals surface area contributed by atoms with Crippen LogP contribution in [0, 0.1) is 0 Å². The molecule has 9 nitrogen and oxygen atoms in total. The number of amides is 1. The lowest BCUT2D eigenvalue weighted by Crippen LogP contribution is -2.49. The number of ether oxygens (including phenoxy) is 1. The average Bonchev–Trinajstić information content (AvgIpc) is 3.51. The van der Waals surface area contributed by atoms with Crippen LogP contribution in [0.2, 0.25) is 0 Å². The van der Waals surface area contributed by atoms with Crippen molar-refractivity contribution < 1.29 is 18.9 Å². The lowest BCUT2D eigenvalue weighted by molar-refractivity contribution is -0.693. The van der Waals surface area contributed by atoms with Gasteiger partial charge >= 0.3 is 11.8 Å².